The van der Waals surface area contributed by atoms with E-state index in [1.165, 1.54) is 12.8 Å². The highest BCUT2D eigenvalue weighted by Gasteiger charge is 2.41. The van der Waals surface area contributed by atoms with E-state index >= 15 is 0 Å². The molecule has 0 aromatic carbocycles. The van der Waals surface area contributed by atoms with Gasteiger partial charge in [-0.15, -0.1) is 0 Å². The van der Waals surface area contributed by atoms with Gasteiger partial charge < -0.3 is 10.2 Å². The molecule has 2 N–H and O–H groups in total. The Bertz CT molecular complexity index is 318. The molecule has 3 heteroatoms. The van der Waals surface area contributed by atoms with Gasteiger partial charge in [0.05, 0.1) is 12.8 Å². The summed E-state index contributed by atoms with van der Waals surface area (Å²) in [6.07, 6.45) is 6.59. The van der Waals surface area contributed by atoms with Crippen LogP contribution in [0.4, 0.5) is 0 Å². The molecule has 0 aliphatic heterocycles. The first-order chi connectivity index (χ1) is 8.25. The zero-order valence-electron chi connectivity index (χ0n) is 11.0. The van der Waals surface area contributed by atoms with Crippen LogP contribution in [-0.2, 0) is 6.54 Å². The standard InChI is InChI=1S/C14H24N2O/c1-3-14(4-2,11-15)16(12-7-8-12)10-13-6-5-9-17-13/h5-6,9,12H,3-4,7-8,10-11,15H2,1-2H3. The molecule has 1 aliphatic carbocycles. The molecule has 0 bridgehead atoms. The van der Waals surface area contributed by atoms with Crippen molar-refractivity contribution in [3.63, 3.8) is 0 Å². The van der Waals surface area contributed by atoms with Gasteiger partial charge in [0.1, 0.15) is 5.76 Å². The van der Waals surface area contributed by atoms with E-state index in [-0.39, 0.29) is 5.54 Å². The Balaban J connectivity index is 2.15. The maximum Gasteiger partial charge on any atom is 0.117 e. The fourth-order valence-corrected chi connectivity index (χ4v) is 2.70. The Morgan fingerprint density at radius 1 is 1.41 bits per heavy atom. The van der Waals surface area contributed by atoms with Gasteiger partial charge in [-0.2, -0.15) is 0 Å². The van der Waals surface area contributed by atoms with E-state index in [0.29, 0.717) is 6.04 Å². The average molecular weight is 236 g/mol. The number of furan rings is 1. The quantitative estimate of drug-likeness (QED) is 0.791. The Morgan fingerprint density at radius 3 is 2.53 bits per heavy atom. The fraction of sp³-hybridized carbons (Fsp3) is 0.714. The van der Waals surface area contributed by atoms with Crippen LogP contribution in [0.3, 0.4) is 0 Å². The second kappa shape index (κ2) is 5.23. The lowest BCUT2D eigenvalue weighted by Gasteiger charge is -2.42. The molecule has 0 unspecified atom stereocenters. The van der Waals surface area contributed by atoms with E-state index < -0.39 is 0 Å². The van der Waals surface area contributed by atoms with E-state index in [1.807, 2.05) is 6.07 Å². The fourth-order valence-electron chi connectivity index (χ4n) is 2.70. The first-order valence-corrected chi connectivity index (χ1v) is 6.75. The summed E-state index contributed by atoms with van der Waals surface area (Å²) in [5, 5.41) is 0. The third-order valence-electron chi connectivity index (χ3n) is 4.20. The predicted molar refractivity (Wildman–Crippen MR) is 69.6 cm³/mol. The van der Waals surface area contributed by atoms with Crippen molar-refractivity contribution in [3.8, 4) is 0 Å². The smallest absolute Gasteiger partial charge is 0.117 e. The summed E-state index contributed by atoms with van der Waals surface area (Å²) < 4.78 is 5.49. The van der Waals surface area contributed by atoms with E-state index in [4.69, 9.17) is 10.2 Å². The SMILES string of the molecule is CCC(CC)(CN)N(Cc1ccco1)C1CC1. The van der Waals surface area contributed by atoms with Crippen LogP contribution in [0.1, 0.15) is 45.3 Å². The molecule has 0 spiro atoms. The molecule has 3 nitrogen and oxygen atoms in total. The zero-order chi connectivity index (χ0) is 12.3. The van der Waals surface area contributed by atoms with Crippen molar-refractivity contribution >= 4 is 0 Å². The lowest BCUT2D eigenvalue weighted by Crippen LogP contribution is -2.53. The van der Waals surface area contributed by atoms with Gasteiger partial charge in [-0.1, -0.05) is 13.8 Å². The molecule has 96 valence electrons. The number of hydrogen-bond acceptors (Lipinski definition) is 3. The highest BCUT2D eigenvalue weighted by atomic mass is 16.3. The minimum atomic E-state index is 0.147. The first-order valence-electron chi connectivity index (χ1n) is 6.75. The molecule has 1 aliphatic rings. The van der Waals surface area contributed by atoms with Gasteiger partial charge in [-0.25, -0.2) is 0 Å². The van der Waals surface area contributed by atoms with Crippen molar-refractivity contribution in [2.75, 3.05) is 6.54 Å². The number of rotatable bonds is 7. The molecule has 1 heterocycles. The lowest BCUT2D eigenvalue weighted by molar-refractivity contribution is 0.0609. The molecule has 1 saturated carbocycles. The average Bonchev–Trinajstić information content (AvgIpc) is 3.08. The van der Waals surface area contributed by atoms with Crippen LogP contribution in [0.5, 0.6) is 0 Å². The molecule has 2 rings (SSSR count). The molecule has 0 amide bonds. The van der Waals surface area contributed by atoms with Crippen LogP contribution in [0.15, 0.2) is 22.8 Å². The molecule has 1 fully saturated rings. The van der Waals surface area contributed by atoms with E-state index in [0.717, 1.165) is 31.7 Å². The minimum absolute atomic E-state index is 0.147. The maximum atomic E-state index is 6.05. The third-order valence-corrected chi connectivity index (χ3v) is 4.20. The largest absolute Gasteiger partial charge is 0.468 e. The molecular weight excluding hydrogens is 212 g/mol. The van der Waals surface area contributed by atoms with E-state index in [2.05, 4.69) is 24.8 Å². The summed E-state index contributed by atoms with van der Waals surface area (Å²) in [7, 11) is 0. The van der Waals surface area contributed by atoms with E-state index in [9.17, 15) is 0 Å². The highest BCUT2D eigenvalue weighted by Crippen LogP contribution is 2.37. The van der Waals surface area contributed by atoms with Crippen LogP contribution in [0.25, 0.3) is 0 Å². The summed E-state index contributed by atoms with van der Waals surface area (Å²) in [4.78, 5) is 2.58. The Kier molecular flexibility index (Phi) is 3.89. The Morgan fingerprint density at radius 2 is 2.12 bits per heavy atom. The summed E-state index contributed by atoms with van der Waals surface area (Å²) in [5.74, 6) is 1.05. The van der Waals surface area contributed by atoms with Crippen molar-refractivity contribution in [3.05, 3.63) is 24.2 Å². The van der Waals surface area contributed by atoms with Gasteiger partial charge in [0.15, 0.2) is 0 Å². The number of nitrogens with two attached hydrogens (primary N) is 1. The molecule has 17 heavy (non-hydrogen) atoms. The van der Waals surface area contributed by atoms with Crippen molar-refractivity contribution in [1.82, 2.24) is 4.90 Å². The first kappa shape index (κ1) is 12.7. The van der Waals surface area contributed by atoms with Gasteiger partial charge in [-0.05, 0) is 37.8 Å². The Labute approximate surface area is 104 Å². The number of hydrogen-bond donors (Lipinski definition) is 1. The van der Waals surface area contributed by atoms with Crippen molar-refractivity contribution in [1.29, 1.82) is 0 Å². The van der Waals surface area contributed by atoms with Gasteiger partial charge in [0.25, 0.3) is 0 Å². The maximum absolute atomic E-state index is 6.05. The minimum Gasteiger partial charge on any atom is -0.468 e. The van der Waals surface area contributed by atoms with Gasteiger partial charge in [-0.3, -0.25) is 4.90 Å². The molecule has 0 saturated heterocycles. The molecule has 1 aromatic rings. The van der Waals surface area contributed by atoms with Crippen molar-refractivity contribution in [2.45, 2.75) is 57.7 Å². The molecule has 0 atom stereocenters. The third kappa shape index (κ3) is 2.55. The topological polar surface area (TPSA) is 42.4 Å². The molecule has 0 radical (unpaired) electrons. The Hall–Kier alpha value is -0.800. The second-order valence-corrected chi connectivity index (χ2v) is 5.07. The summed E-state index contributed by atoms with van der Waals surface area (Å²) in [6, 6.07) is 4.73. The van der Waals surface area contributed by atoms with Gasteiger partial charge >= 0.3 is 0 Å². The second-order valence-electron chi connectivity index (χ2n) is 5.07. The zero-order valence-corrected chi connectivity index (χ0v) is 11.0. The lowest BCUT2D eigenvalue weighted by atomic mass is 9.90. The van der Waals surface area contributed by atoms with Crippen LogP contribution >= 0.6 is 0 Å². The van der Waals surface area contributed by atoms with Crippen LogP contribution in [-0.4, -0.2) is 23.0 Å². The predicted octanol–water partition coefficient (Wildman–Crippen LogP) is 2.76. The highest BCUT2D eigenvalue weighted by molar-refractivity contribution is 5.04. The van der Waals surface area contributed by atoms with Gasteiger partial charge in [0, 0.05) is 18.1 Å². The molecule has 1 aromatic heterocycles. The van der Waals surface area contributed by atoms with Crippen LogP contribution in [0.2, 0.25) is 0 Å². The normalized spacial score (nSPS) is 16.7. The van der Waals surface area contributed by atoms with Crippen molar-refractivity contribution < 1.29 is 4.42 Å². The number of nitrogens with zero attached hydrogens (tertiary/aromatic N) is 1. The van der Waals surface area contributed by atoms with Crippen molar-refractivity contribution in [2.24, 2.45) is 5.73 Å². The van der Waals surface area contributed by atoms with Crippen LogP contribution < -0.4 is 5.73 Å². The van der Waals surface area contributed by atoms with Crippen LogP contribution in [0, 0.1) is 0 Å². The summed E-state index contributed by atoms with van der Waals surface area (Å²) in [5.41, 5.74) is 6.20. The van der Waals surface area contributed by atoms with E-state index in [1.54, 1.807) is 6.26 Å². The summed E-state index contributed by atoms with van der Waals surface area (Å²) >= 11 is 0. The summed E-state index contributed by atoms with van der Waals surface area (Å²) in [6.45, 7) is 6.12. The monoisotopic (exact) mass is 236 g/mol. The van der Waals surface area contributed by atoms with Gasteiger partial charge in [0.2, 0.25) is 0 Å². The molecular formula is C14H24N2O.